The maximum atomic E-state index is 5.11. The van der Waals surface area contributed by atoms with Crippen molar-refractivity contribution in [1.82, 2.24) is 0 Å². The molecule has 1 saturated carbocycles. The van der Waals surface area contributed by atoms with Crippen LogP contribution in [0.3, 0.4) is 0 Å². The highest BCUT2D eigenvalue weighted by Crippen LogP contribution is 2.37. The predicted molar refractivity (Wildman–Crippen MR) is 453 cm³/mol. The molecule has 0 spiro atoms. The van der Waals surface area contributed by atoms with Crippen LogP contribution in [0.15, 0.2) is 72.4 Å². The second-order valence-electron chi connectivity index (χ2n) is 31.7. The lowest BCUT2D eigenvalue weighted by atomic mass is 9.79. The van der Waals surface area contributed by atoms with E-state index in [9.17, 15) is 0 Å². The minimum atomic E-state index is 0. The molecule has 6 atom stereocenters. The van der Waals surface area contributed by atoms with Gasteiger partial charge in [-0.05, 0) is 164 Å². The van der Waals surface area contributed by atoms with Crippen molar-refractivity contribution >= 4 is 0 Å². The monoisotopic (exact) mass is 1350 g/mol. The summed E-state index contributed by atoms with van der Waals surface area (Å²) in [4.78, 5) is 0. The van der Waals surface area contributed by atoms with Gasteiger partial charge in [-0.25, -0.2) is 0 Å². The van der Waals surface area contributed by atoms with Crippen molar-refractivity contribution in [2.24, 2.45) is 41.4 Å². The molecule has 0 nitrogen and oxygen atoms in total. The predicted octanol–water partition coefficient (Wildman–Crippen LogP) is 36.2. The third-order valence-corrected chi connectivity index (χ3v) is 23.3. The average Bonchev–Trinajstić information content (AvgIpc) is 1.78. The highest BCUT2D eigenvalue weighted by Gasteiger charge is 2.23. The van der Waals surface area contributed by atoms with Crippen LogP contribution >= 0.6 is 0 Å². The smallest absolute Gasteiger partial charge is 0.00232 e. The van der Waals surface area contributed by atoms with E-state index in [-0.39, 0.29) is 7.43 Å². The average molecular weight is 1350 g/mol. The van der Waals surface area contributed by atoms with Crippen molar-refractivity contribution in [3.8, 4) is 0 Å². The minimum absolute atomic E-state index is 0. The first kappa shape index (κ1) is 99.6. The first-order chi connectivity index (χ1) is 47.1. The largest absolute Gasteiger partial charge is 0.0999 e. The highest BCUT2D eigenvalue weighted by molar-refractivity contribution is 5.14. The topological polar surface area (TPSA) is 0 Å². The zero-order chi connectivity index (χ0) is 71.0. The van der Waals surface area contributed by atoms with Crippen LogP contribution in [0.5, 0.6) is 0 Å². The lowest BCUT2D eigenvalue weighted by Crippen LogP contribution is -2.14. The highest BCUT2D eigenvalue weighted by atomic mass is 14.3. The second-order valence-corrected chi connectivity index (χ2v) is 31.7. The van der Waals surface area contributed by atoms with Crippen molar-refractivity contribution in [1.29, 1.82) is 0 Å². The van der Waals surface area contributed by atoms with Gasteiger partial charge in [0, 0.05) is 0 Å². The van der Waals surface area contributed by atoms with Crippen LogP contribution < -0.4 is 0 Å². The molecule has 1 aliphatic rings. The van der Waals surface area contributed by atoms with Gasteiger partial charge in [-0.3, -0.25) is 0 Å². The molecule has 0 aromatic heterocycles. The maximum absolute atomic E-state index is 5.11. The molecule has 1 fully saturated rings. The number of unbranched alkanes of at least 4 members (excludes halogenated alkanes) is 38. The van der Waals surface area contributed by atoms with Crippen molar-refractivity contribution < 1.29 is 0 Å². The molecule has 6 unspecified atom stereocenters. The molecule has 576 valence electrons. The summed E-state index contributed by atoms with van der Waals surface area (Å²) >= 11 is 0. The van der Waals surface area contributed by atoms with Gasteiger partial charge < -0.3 is 0 Å². The number of allylic oxidation sites excluding steroid dienone is 8. The summed E-state index contributed by atoms with van der Waals surface area (Å²) in [6.07, 6.45) is 97.7. The fraction of sp³-hybridized carbons (Fsp3) is 0.876. The van der Waals surface area contributed by atoms with Gasteiger partial charge in [-0.1, -0.05) is 458 Å². The van der Waals surface area contributed by atoms with Crippen LogP contribution in [0.2, 0.25) is 0 Å². The van der Waals surface area contributed by atoms with Gasteiger partial charge in [0.1, 0.15) is 0 Å². The Hall–Kier alpha value is -1.56. The number of hydrogen-bond acceptors (Lipinski definition) is 0. The molecule has 0 bridgehead atoms. The molecule has 0 heterocycles. The Morgan fingerprint density at radius 3 is 1.22 bits per heavy atom. The Bertz CT molecular complexity index is 1670. The van der Waals surface area contributed by atoms with Crippen molar-refractivity contribution in [2.45, 2.75) is 508 Å². The minimum Gasteiger partial charge on any atom is -0.0999 e. The third kappa shape index (κ3) is 61.6. The van der Waals surface area contributed by atoms with Gasteiger partial charge in [0.05, 0.1) is 0 Å². The summed E-state index contributed by atoms with van der Waals surface area (Å²) in [5, 5.41) is 0. The SMILES string of the molecule is C.C=C(CCCCCCCCCCCCC(C)C(=C)C1CCCCCC1)CCC(CCCCCCCC)C(=C)C(/C=C\CCCCC/C(=C\C)CC(CCCCCC)CCCCCCCC)CCCCCCCCC(=C)C(C)C(CCCCCC)CCCCCCCC.CC.CC. The number of hydrogen-bond donors (Lipinski definition) is 0. The lowest BCUT2D eigenvalue weighted by Gasteiger charge is -2.26. The summed E-state index contributed by atoms with van der Waals surface area (Å²) < 4.78 is 0. The molecule has 0 amide bonds. The summed E-state index contributed by atoms with van der Waals surface area (Å²) in [7, 11) is 0. The van der Waals surface area contributed by atoms with Gasteiger partial charge in [-0.2, -0.15) is 0 Å². The molecule has 1 rings (SSSR count). The van der Waals surface area contributed by atoms with E-state index in [4.69, 9.17) is 19.7 Å². The van der Waals surface area contributed by atoms with E-state index in [1.165, 1.54) is 423 Å². The van der Waals surface area contributed by atoms with E-state index in [0.717, 1.165) is 23.7 Å². The molecule has 0 aromatic rings. The maximum Gasteiger partial charge on any atom is -0.00232 e. The molecule has 0 aromatic carbocycles. The Balaban J connectivity index is -0.0000173. The quantitative estimate of drug-likeness (QED) is 0.0323. The first-order valence-electron chi connectivity index (χ1n) is 45.1. The van der Waals surface area contributed by atoms with Crippen LogP contribution in [-0.2, 0) is 0 Å². The Labute approximate surface area is 618 Å². The van der Waals surface area contributed by atoms with Crippen LogP contribution in [0.1, 0.15) is 508 Å². The van der Waals surface area contributed by atoms with Crippen LogP contribution in [0, 0.1) is 41.4 Å². The van der Waals surface area contributed by atoms with Crippen molar-refractivity contribution in [3.05, 3.63) is 72.4 Å². The lowest BCUT2D eigenvalue weighted by molar-refractivity contribution is 0.321. The van der Waals surface area contributed by atoms with E-state index in [2.05, 4.69) is 80.2 Å². The van der Waals surface area contributed by atoms with Crippen LogP contribution in [0.25, 0.3) is 0 Å². The van der Waals surface area contributed by atoms with E-state index in [0.29, 0.717) is 17.8 Å². The van der Waals surface area contributed by atoms with Gasteiger partial charge in [0.25, 0.3) is 0 Å². The molecule has 1 aliphatic carbocycles. The van der Waals surface area contributed by atoms with Crippen molar-refractivity contribution in [2.75, 3.05) is 0 Å². The molecular weight excluding hydrogens is 1170 g/mol. The van der Waals surface area contributed by atoms with Gasteiger partial charge in [-0.15, -0.1) is 0 Å². The first-order valence-corrected chi connectivity index (χ1v) is 45.1. The Morgan fingerprint density at radius 2 is 0.753 bits per heavy atom. The molecule has 0 N–H and O–H groups in total. The summed E-state index contributed by atoms with van der Waals surface area (Å²) in [5.74, 6) is 5.10. The fourth-order valence-corrected chi connectivity index (χ4v) is 16.2. The van der Waals surface area contributed by atoms with Gasteiger partial charge in [0.15, 0.2) is 0 Å². The summed E-state index contributed by atoms with van der Waals surface area (Å²) in [6.45, 7) is 46.3. The Kier molecular flexibility index (Phi) is 80.7. The van der Waals surface area contributed by atoms with Crippen molar-refractivity contribution in [3.63, 3.8) is 0 Å². The van der Waals surface area contributed by atoms with E-state index in [1.54, 1.807) is 22.3 Å². The van der Waals surface area contributed by atoms with Crippen LogP contribution in [0.4, 0.5) is 0 Å². The second kappa shape index (κ2) is 78.6. The molecule has 0 radical (unpaired) electrons. The van der Waals surface area contributed by atoms with E-state index >= 15 is 0 Å². The summed E-state index contributed by atoms with van der Waals surface area (Å²) in [6, 6.07) is 0. The number of rotatable bonds is 71. The van der Waals surface area contributed by atoms with Gasteiger partial charge in [0.2, 0.25) is 0 Å². The third-order valence-electron chi connectivity index (χ3n) is 23.3. The molecule has 0 saturated heterocycles. The molecule has 0 aliphatic heterocycles. The molecular formula is C97H188. The van der Waals surface area contributed by atoms with E-state index in [1.807, 2.05) is 27.7 Å². The van der Waals surface area contributed by atoms with Crippen LogP contribution in [-0.4, -0.2) is 0 Å². The molecule has 97 heavy (non-hydrogen) atoms. The normalized spacial score (nSPS) is 14.7. The molecule has 0 heteroatoms. The summed E-state index contributed by atoms with van der Waals surface area (Å²) in [5.41, 5.74) is 7.99. The fourth-order valence-electron chi connectivity index (χ4n) is 16.2. The standard InChI is InChI=1S/C92H172.2C2H6.CH4/c1-13-19-24-29-44-57-70-88(69-55-27-22-16-4)80-87(18-6)68-56-45-40-49-61-76-91(75-60-48-39-38-43-54-67-82(8)84(10)89(71-58-28-23-17-5)72-59-46-30-25-20-14-2)86(12)92(77-62-47-31-26-21-15-3)79-78-81(7)65-52-41-36-34-32-33-35-37-42-53-66-83(9)85(11)90-73-63-50-51-64-74-90;2*1-2;/h18,61,76,83-84,88-92H,7-8,11-17,19-60,62-75,77-80H2,1-6,9-10H3;2*1-2H3;1H4/b76-61-,87-18+;;;. The van der Waals surface area contributed by atoms with Gasteiger partial charge >= 0.3 is 0 Å². The Morgan fingerprint density at radius 1 is 0.381 bits per heavy atom. The van der Waals surface area contributed by atoms with E-state index < -0.39 is 0 Å². The zero-order valence-electron chi connectivity index (χ0n) is 69.1. The zero-order valence-corrected chi connectivity index (χ0v) is 69.1.